The second-order valence-corrected chi connectivity index (χ2v) is 9.49. The van der Waals surface area contributed by atoms with Gasteiger partial charge < -0.3 is 20.5 Å². The Balaban J connectivity index is 1.68. The monoisotopic (exact) mass is 465 g/mol. The van der Waals surface area contributed by atoms with E-state index in [2.05, 4.69) is 10.6 Å². The summed E-state index contributed by atoms with van der Waals surface area (Å²) in [7, 11) is -3.62. The molecule has 174 valence electrons. The highest BCUT2D eigenvalue weighted by molar-refractivity contribution is 7.89. The Kier molecular flexibility index (Phi) is 8.05. The number of carbonyl (C=O) groups is 1. The van der Waals surface area contributed by atoms with Crippen LogP contribution in [0.3, 0.4) is 0 Å². The Morgan fingerprint density at radius 2 is 1.88 bits per heavy atom. The van der Waals surface area contributed by atoms with Crippen molar-refractivity contribution in [2.75, 3.05) is 43.5 Å². The van der Waals surface area contributed by atoms with E-state index in [1.54, 1.807) is 19.1 Å². The number of hydrogen-bond donors (Lipinski definition) is 3. The SMILES string of the molecule is Cc1ccc(S(=O)(=O)N2CCCCC2)cc1NC(=O)CNc1ccc(F)cc1OCCO. The number of amides is 1. The molecule has 0 radical (unpaired) electrons. The molecule has 0 unspecified atom stereocenters. The fourth-order valence-corrected chi connectivity index (χ4v) is 4.98. The predicted molar refractivity (Wildman–Crippen MR) is 120 cm³/mol. The maximum absolute atomic E-state index is 13.5. The Morgan fingerprint density at radius 1 is 1.12 bits per heavy atom. The third kappa shape index (κ3) is 5.96. The third-order valence-corrected chi connectivity index (χ3v) is 7.06. The number of halogens is 1. The third-order valence-electron chi connectivity index (χ3n) is 5.17. The molecule has 0 aliphatic carbocycles. The molecular weight excluding hydrogens is 437 g/mol. The average molecular weight is 466 g/mol. The number of aliphatic hydroxyl groups is 1. The molecule has 0 spiro atoms. The lowest BCUT2D eigenvalue weighted by molar-refractivity contribution is -0.114. The van der Waals surface area contributed by atoms with E-state index in [0.717, 1.165) is 30.9 Å². The number of nitrogens with one attached hydrogen (secondary N) is 2. The maximum atomic E-state index is 13.5. The van der Waals surface area contributed by atoms with Crippen LogP contribution < -0.4 is 15.4 Å². The minimum Gasteiger partial charge on any atom is -0.489 e. The molecule has 8 nitrogen and oxygen atoms in total. The van der Waals surface area contributed by atoms with Crippen LogP contribution in [0, 0.1) is 12.7 Å². The molecule has 0 saturated carbocycles. The highest BCUT2D eigenvalue weighted by Crippen LogP contribution is 2.27. The highest BCUT2D eigenvalue weighted by Gasteiger charge is 2.26. The first kappa shape index (κ1) is 24.0. The van der Waals surface area contributed by atoms with Gasteiger partial charge in [-0.1, -0.05) is 12.5 Å². The van der Waals surface area contributed by atoms with Crippen molar-refractivity contribution in [3.63, 3.8) is 0 Å². The molecule has 10 heteroatoms. The quantitative estimate of drug-likeness (QED) is 0.526. The van der Waals surface area contributed by atoms with Crippen molar-refractivity contribution in [2.24, 2.45) is 0 Å². The van der Waals surface area contributed by atoms with Crippen LogP contribution in [0.5, 0.6) is 5.75 Å². The van der Waals surface area contributed by atoms with Gasteiger partial charge in [0.1, 0.15) is 18.2 Å². The number of sulfonamides is 1. The first-order valence-electron chi connectivity index (χ1n) is 10.5. The molecule has 32 heavy (non-hydrogen) atoms. The van der Waals surface area contributed by atoms with Gasteiger partial charge in [0.2, 0.25) is 15.9 Å². The number of rotatable bonds is 9. The highest BCUT2D eigenvalue weighted by atomic mass is 32.2. The van der Waals surface area contributed by atoms with Gasteiger partial charge in [0.25, 0.3) is 0 Å². The lowest BCUT2D eigenvalue weighted by atomic mass is 10.2. The molecule has 0 atom stereocenters. The summed E-state index contributed by atoms with van der Waals surface area (Å²) in [5.41, 5.74) is 1.53. The summed E-state index contributed by atoms with van der Waals surface area (Å²) in [4.78, 5) is 12.6. The minimum absolute atomic E-state index is 0.0121. The topological polar surface area (TPSA) is 108 Å². The van der Waals surface area contributed by atoms with Crippen LogP contribution >= 0.6 is 0 Å². The number of ether oxygens (including phenoxy) is 1. The van der Waals surface area contributed by atoms with Crippen molar-refractivity contribution >= 4 is 27.3 Å². The largest absolute Gasteiger partial charge is 0.489 e. The van der Waals surface area contributed by atoms with Gasteiger partial charge in [-0.05, 0) is 49.6 Å². The summed E-state index contributed by atoms with van der Waals surface area (Å²) in [6.45, 7) is 2.39. The molecule has 1 amide bonds. The van der Waals surface area contributed by atoms with Crippen molar-refractivity contribution in [3.8, 4) is 5.75 Å². The number of benzene rings is 2. The van der Waals surface area contributed by atoms with Gasteiger partial charge >= 0.3 is 0 Å². The zero-order chi connectivity index (χ0) is 23.1. The number of aryl methyl sites for hydroxylation is 1. The molecule has 1 fully saturated rings. The van der Waals surface area contributed by atoms with Gasteiger partial charge in [-0.3, -0.25) is 4.79 Å². The Labute approximate surface area is 187 Å². The standard InChI is InChI=1S/C22H28FN3O5S/c1-16-5-7-18(32(29,30)26-9-3-2-4-10-26)14-20(16)25-22(28)15-24-19-8-6-17(23)13-21(19)31-12-11-27/h5-8,13-14,24,27H,2-4,9-12,15H2,1H3,(H,25,28). The van der Waals surface area contributed by atoms with E-state index in [4.69, 9.17) is 9.84 Å². The molecule has 1 aliphatic heterocycles. The summed E-state index contributed by atoms with van der Waals surface area (Å²) < 4.78 is 46.1. The predicted octanol–water partition coefficient (Wildman–Crippen LogP) is 2.73. The summed E-state index contributed by atoms with van der Waals surface area (Å²) in [5.74, 6) is -0.731. The molecule has 3 rings (SSSR count). The fourth-order valence-electron chi connectivity index (χ4n) is 3.44. The van der Waals surface area contributed by atoms with Crippen LogP contribution in [0.4, 0.5) is 15.8 Å². The van der Waals surface area contributed by atoms with Crippen molar-refractivity contribution in [1.29, 1.82) is 0 Å². The summed E-state index contributed by atoms with van der Waals surface area (Å²) in [5, 5.41) is 14.5. The van der Waals surface area contributed by atoms with E-state index in [1.807, 2.05) is 0 Å². The van der Waals surface area contributed by atoms with Crippen LogP contribution in [0.25, 0.3) is 0 Å². The fraction of sp³-hybridized carbons (Fsp3) is 0.409. The van der Waals surface area contributed by atoms with Gasteiger partial charge in [-0.2, -0.15) is 4.31 Å². The molecule has 2 aromatic carbocycles. The molecule has 1 aliphatic rings. The zero-order valence-electron chi connectivity index (χ0n) is 17.9. The second kappa shape index (κ2) is 10.8. The maximum Gasteiger partial charge on any atom is 0.243 e. The lowest BCUT2D eigenvalue weighted by Crippen LogP contribution is -2.35. The van der Waals surface area contributed by atoms with Crippen LogP contribution in [0.15, 0.2) is 41.3 Å². The Bertz CT molecular complexity index is 1060. The van der Waals surface area contributed by atoms with Gasteiger partial charge in [0.05, 0.1) is 23.7 Å². The minimum atomic E-state index is -3.62. The Morgan fingerprint density at radius 3 is 2.59 bits per heavy atom. The molecule has 0 aromatic heterocycles. The van der Waals surface area contributed by atoms with Crippen LogP contribution in [-0.2, 0) is 14.8 Å². The van der Waals surface area contributed by atoms with Gasteiger partial charge in [-0.25, -0.2) is 12.8 Å². The van der Waals surface area contributed by atoms with E-state index in [-0.39, 0.29) is 30.4 Å². The smallest absolute Gasteiger partial charge is 0.243 e. The number of aliphatic hydroxyl groups excluding tert-OH is 1. The average Bonchev–Trinajstić information content (AvgIpc) is 2.79. The van der Waals surface area contributed by atoms with E-state index in [0.29, 0.717) is 24.5 Å². The summed E-state index contributed by atoms with van der Waals surface area (Å²) >= 11 is 0. The second-order valence-electron chi connectivity index (χ2n) is 7.56. The number of carbonyl (C=O) groups excluding carboxylic acids is 1. The molecule has 0 bridgehead atoms. The number of anilines is 2. The normalized spacial score (nSPS) is 14.7. The van der Waals surface area contributed by atoms with E-state index in [1.165, 1.54) is 22.5 Å². The van der Waals surface area contributed by atoms with E-state index in [9.17, 15) is 17.6 Å². The van der Waals surface area contributed by atoms with E-state index >= 15 is 0 Å². The first-order chi connectivity index (χ1) is 15.3. The van der Waals surface area contributed by atoms with Crippen molar-refractivity contribution in [1.82, 2.24) is 4.31 Å². The van der Waals surface area contributed by atoms with Crippen molar-refractivity contribution < 1.29 is 27.4 Å². The molecule has 3 N–H and O–H groups in total. The van der Waals surface area contributed by atoms with Crippen LogP contribution in [-0.4, -0.2) is 56.6 Å². The van der Waals surface area contributed by atoms with Gasteiger partial charge in [0.15, 0.2) is 0 Å². The van der Waals surface area contributed by atoms with Crippen molar-refractivity contribution in [2.45, 2.75) is 31.1 Å². The summed E-state index contributed by atoms with van der Waals surface area (Å²) in [6, 6.07) is 8.52. The van der Waals surface area contributed by atoms with Gasteiger partial charge in [0, 0.05) is 24.8 Å². The Hall–Kier alpha value is -2.69. The molecule has 2 aromatic rings. The van der Waals surface area contributed by atoms with Crippen LogP contribution in [0.2, 0.25) is 0 Å². The number of nitrogens with zero attached hydrogens (tertiary/aromatic N) is 1. The molecular formula is C22H28FN3O5S. The first-order valence-corrected chi connectivity index (χ1v) is 11.9. The van der Waals surface area contributed by atoms with Crippen molar-refractivity contribution in [3.05, 3.63) is 47.8 Å². The van der Waals surface area contributed by atoms with Crippen LogP contribution in [0.1, 0.15) is 24.8 Å². The lowest BCUT2D eigenvalue weighted by Gasteiger charge is -2.26. The molecule has 1 saturated heterocycles. The molecule has 1 heterocycles. The zero-order valence-corrected chi connectivity index (χ0v) is 18.8. The van der Waals surface area contributed by atoms with E-state index < -0.39 is 21.7 Å². The summed E-state index contributed by atoms with van der Waals surface area (Å²) in [6.07, 6.45) is 2.70. The van der Waals surface area contributed by atoms with Gasteiger partial charge in [-0.15, -0.1) is 0 Å². The number of hydrogen-bond acceptors (Lipinski definition) is 6. The number of piperidine rings is 1.